The van der Waals surface area contributed by atoms with Gasteiger partial charge in [-0.25, -0.2) is 9.67 Å². The van der Waals surface area contributed by atoms with Gasteiger partial charge in [0.05, 0.1) is 5.39 Å². The number of benzene rings is 1. The lowest BCUT2D eigenvalue weighted by Crippen LogP contribution is -2.01. The van der Waals surface area contributed by atoms with Crippen molar-refractivity contribution >= 4 is 34.3 Å². The Labute approximate surface area is 125 Å². The van der Waals surface area contributed by atoms with Gasteiger partial charge in [-0.15, -0.1) is 0 Å². The van der Waals surface area contributed by atoms with Crippen LogP contribution >= 0.6 is 11.6 Å². The summed E-state index contributed by atoms with van der Waals surface area (Å²) in [4.78, 5) is 4.22. The molecule has 0 bridgehead atoms. The molecule has 0 radical (unpaired) electrons. The molecule has 0 atom stereocenters. The monoisotopic (exact) mass is 298 g/mol. The second-order valence-corrected chi connectivity index (χ2v) is 4.95. The van der Waals surface area contributed by atoms with Gasteiger partial charge in [-0.05, 0) is 6.07 Å². The van der Waals surface area contributed by atoms with E-state index in [1.165, 1.54) is 4.68 Å². The molecule has 7 heteroatoms. The Morgan fingerprint density at radius 3 is 2.62 bits per heavy atom. The molecule has 104 valence electrons. The van der Waals surface area contributed by atoms with E-state index in [9.17, 15) is 5.26 Å². The summed E-state index contributed by atoms with van der Waals surface area (Å²) >= 11 is 6.26. The number of hydrogen-bond donors (Lipinski definition) is 2. The van der Waals surface area contributed by atoms with Gasteiger partial charge in [0, 0.05) is 23.2 Å². The third-order valence-electron chi connectivity index (χ3n) is 3.28. The molecule has 0 fully saturated rings. The third-order valence-corrected chi connectivity index (χ3v) is 3.61. The smallest absolute Gasteiger partial charge is 0.162 e. The molecule has 21 heavy (non-hydrogen) atoms. The molecule has 2 heterocycles. The van der Waals surface area contributed by atoms with Gasteiger partial charge in [0.25, 0.3) is 0 Å². The Bertz CT molecular complexity index is 906. The second kappa shape index (κ2) is 4.65. The molecule has 1 aromatic carbocycles. The summed E-state index contributed by atoms with van der Waals surface area (Å²) in [6.07, 6.45) is 0. The Morgan fingerprint density at radius 1 is 1.24 bits per heavy atom. The molecule has 0 aliphatic heterocycles. The summed E-state index contributed by atoms with van der Waals surface area (Å²) in [7, 11) is 1.72. The van der Waals surface area contributed by atoms with Gasteiger partial charge >= 0.3 is 0 Å². The molecule has 0 aliphatic rings. The van der Waals surface area contributed by atoms with E-state index in [-0.39, 0.29) is 17.2 Å². The van der Waals surface area contributed by atoms with Crippen molar-refractivity contribution in [3.63, 3.8) is 0 Å². The van der Waals surface area contributed by atoms with Crippen LogP contribution in [0.4, 0.5) is 11.6 Å². The van der Waals surface area contributed by atoms with Crippen molar-refractivity contribution in [3.8, 4) is 17.2 Å². The zero-order valence-electron chi connectivity index (χ0n) is 11.1. The number of pyridine rings is 1. The van der Waals surface area contributed by atoms with Gasteiger partial charge in [0.15, 0.2) is 11.5 Å². The van der Waals surface area contributed by atoms with Crippen molar-refractivity contribution in [1.29, 1.82) is 5.26 Å². The first-order chi connectivity index (χ1) is 10.0. The van der Waals surface area contributed by atoms with Crippen LogP contribution in [0.25, 0.3) is 22.2 Å². The maximum absolute atomic E-state index is 9.43. The average molecular weight is 299 g/mol. The van der Waals surface area contributed by atoms with Crippen LogP contribution in [0.1, 0.15) is 5.56 Å². The lowest BCUT2D eigenvalue weighted by atomic mass is 9.98. The van der Waals surface area contributed by atoms with Gasteiger partial charge in [-0.1, -0.05) is 29.8 Å². The van der Waals surface area contributed by atoms with Crippen LogP contribution in [-0.2, 0) is 7.05 Å². The molecule has 3 rings (SSSR count). The summed E-state index contributed by atoms with van der Waals surface area (Å²) in [5.74, 6) is 0.411. The maximum atomic E-state index is 9.43. The first kappa shape index (κ1) is 13.2. The van der Waals surface area contributed by atoms with Gasteiger partial charge < -0.3 is 11.5 Å². The van der Waals surface area contributed by atoms with Crippen LogP contribution < -0.4 is 11.5 Å². The van der Waals surface area contributed by atoms with E-state index in [1.54, 1.807) is 13.1 Å². The van der Waals surface area contributed by atoms with E-state index in [0.29, 0.717) is 27.2 Å². The summed E-state index contributed by atoms with van der Waals surface area (Å²) in [6, 6.07) is 9.27. The minimum absolute atomic E-state index is 0.128. The van der Waals surface area contributed by atoms with Gasteiger partial charge in [-0.2, -0.15) is 10.4 Å². The molecule has 0 saturated carbocycles. The fourth-order valence-corrected chi connectivity index (χ4v) is 2.60. The number of hydrogen-bond acceptors (Lipinski definition) is 5. The highest BCUT2D eigenvalue weighted by Gasteiger charge is 2.21. The van der Waals surface area contributed by atoms with Crippen molar-refractivity contribution in [2.24, 2.45) is 7.05 Å². The zero-order chi connectivity index (χ0) is 15.1. The molecule has 0 saturated heterocycles. The highest BCUT2D eigenvalue weighted by atomic mass is 35.5. The maximum Gasteiger partial charge on any atom is 0.162 e. The number of fused-ring (bicyclic) bond motifs is 1. The predicted octanol–water partition coefficient (Wildman–Crippen LogP) is 2.32. The minimum Gasteiger partial charge on any atom is -0.383 e. The predicted molar refractivity (Wildman–Crippen MR) is 82.5 cm³/mol. The molecule has 3 aromatic rings. The summed E-state index contributed by atoms with van der Waals surface area (Å²) in [5.41, 5.74) is 13.9. The molecular formula is C14H11ClN6. The zero-order valence-corrected chi connectivity index (χ0v) is 11.9. The summed E-state index contributed by atoms with van der Waals surface area (Å²) < 4.78 is 1.53. The number of nitriles is 1. The summed E-state index contributed by atoms with van der Waals surface area (Å²) in [5, 5.41) is 14.7. The molecule has 0 aliphatic carbocycles. The Kier molecular flexibility index (Phi) is 2.92. The Morgan fingerprint density at radius 2 is 1.95 bits per heavy atom. The van der Waals surface area contributed by atoms with E-state index >= 15 is 0 Å². The number of nitrogens with zero attached hydrogens (tertiary/aromatic N) is 4. The SMILES string of the molecule is Cn1nc(N)c2c(-c3ccccc3Cl)c(C#N)c(N)nc21. The normalized spacial score (nSPS) is 10.7. The Hall–Kier alpha value is -2.78. The first-order valence-corrected chi connectivity index (χ1v) is 6.49. The van der Waals surface area contributed by atoms with Crippen molar-refractivity contribution in [3.05, 3.63) is 34.9 Å². The van der Waals surface area contributed by atoms with E-state index in [4.69, 9.17) is 23.1 Å². The fourth-order valence-electron chi connectivity index (χ4n) is 2.37. The second-order valence-electron chi connectivity index (χ2n) is 4.55. The highest BCUT2D eigenvalue weighted by Crippen LogP contribution is 2.39. The molecular weight excluding hydrogens is 288 g/mol. The van der Waals surface area contributed by atoms with Crippen LogP contribution in [0.5, 0.6) is 0 Å². The molecule has 0 amide bonds. The fraction of sp³-hybridized carbons (Fsp3) is 0.0714. The summed E-state index contributed by atoms with van der Waals surface area (Å²) in [6.45, 7) is 0. The lowest BCUT2D eigenvalue weighted by Gasteiger charge is -2.10. The van der Waals surface area contributed by atoms with Gasteiger partial charge in [0.1, 0.15) is 17.5 Å². The van der Waals surface area contributed by atoms with E-state index in [2.05, 4.69) is 16.2 Å². The molecule has 6 nitrogen and oxygen atoms in total. The number of anilines is 2. The van der Waals surface area contributed by atoms with Crippen LogP contribution in [0.15, 0.2) is 24.3 Å². The van der Waals surface area contributed by atoms with Gasteiger partial charge in [-0.3, -0.25) is 0 Å². The third kappa shape index (κ3) is 1.87. The number of rotatable bonds is 1. The van der Waals surface area contributed by atoms with Crippen LogP contribution in [-0.4, -0.2) is 14.8 Å². The number of aromatic nitrogens is 3. The number of aryl methyl sites for hydroxylation is 1. The topological polar surface area (TPSA) is 107 Å². The average Bonchev–Trinajstić information content (AvgIpc) is 2.73. The number of halogens is 1. The van der Waals surface area contributed by atoms with E-state index in [1.807, 2.05) is 18.2 Å². The standard InChI is InChI=1S/C14H11ClN6/c1-21-14-11(13(18)20-21)10(8(6-16)12(17)19-14)7-4-2-3-5-9(7)15/h2-5H,1H3,(H2,17,19)(H2,18,20). The lowest BCUT2D eigenvalue weighted by molar-refractivity contribution is 0.791. The number of nitrogen functional groups attached to an aromatic ring is 2. The van der Waals surface area contributed by atoms with Crippen molar-refractivity contribution in [2.75, 3.05) is 11.5 Å². The quantitative estimate of drug-likeness (QED) is 0.717. The molecule has 4 N–H and O–H groups in total. The largest absolute Gasteiger partial charge is 0.383 e. The van der Waals surface area contributed by atoms with Gasteiger partial charge in [0.2, 0.25) is 0 Å². The molecule has 0 spiro atoms. The highest BCUT2D eigenvalue weighted by molar-refractivity contribution is 6.34. The minimum atomic E-state index is 0.128. The van der Waals surface area contributed by atoms with Crippen molar-refractivity contribution in [1.82, 2.24) is 14.8 Å². The van der Waals surface area contributed by atoms with Crippen LogP contribution in [0.2, 0.25) is 5.02 Å². The van der Waals surface area contributed by atoms with E-state index in [0.717, 1.165) is 0 Å². The van der Waals surface area contributed by atoms with Crippen LogP contribution in [0.3, 0.4) is 0 Å². The molecule has 0 unspecified atom stereocenters. The van der Waals surface area contributed by atoms with Crippen molar-refractivity contribution in [2.45, 2.75) is 0 Å². The number of nitrogens with two attached hydrogens (primary N) is 2. The first-order valence-electron chi connectivity index (χ1n) is 6.11. The Balaban J connectivity index is 2.56. The molecule has 2 aromatic heterocycles. The van der Waals surface area contributed by atoms with Crippen LogP contribution in [0, 0.1) is 11.3 Å². The van der Waals surface area contributed by atoms with E-state index < -0.39 is 0 Å². The van der Waals surface area contributed by atoms with Crippen molar-refractivity contribution < 1.29 is 0 Å².